The summed E-state index contributed by atoms with van der Waals surface area (Å²) in [7, 11) is 0. The van der Waals surface area contributed by atoms with Crippen LogP contribution in [-0.4, -0.2) is 21.0 Å². The predicted octanol–water partition coefficient (Wildman–Crippen LogP) is 1.71. The maximum Gasteiger partial charge on any atom is 0.303 e. The quantitative estimate of drug-likeness (QED) is 0.834. The summed E-state index contributed by atoms with van der Waals surface area (Å²) in [6, 6.07) is 1.83. The molecule has 2 aromatic heterocycles. The Morgan fingerprint density at radius 2 is 2.43 bits per heavy atom. The van der Waals surface area contributed by atoms with Gasteiger partial charge in [0.25, 0.3) is 0 Å². The van der Waals surface area contributed by atoms with Gasteiger partial charge in [-0.05, 0) is 6.07 Å². The lowest BCUT2D eigenvalue weighted by Gasteiger charge is -1.88. The Morgan fingerprint density at radius 3 is 3.14 bits per heavy atom. The number of pyridine rings is 1. The number of carboxylic acids is 1. The smallest absolute Gasteiger partial charge is 0.303 e. The molecule has 0 unspecified atom stereocenters. The summed E-state index contributed by atoms with van der Waals surface area (Å²) in [5.41, 5.74) is 0.894. The first-order chi connectivity index (χ1) is 6.75. The van der Waals surface area contributed by atoms with Crippen molar-refractivity contribution in [3.63, 3.8) is 0 Å². The average Bonchev–Trinajstić information content (AvgIpc) is 2.57. The zero-order valence-electron chi connectivity index (χ0n) is 7.30. The van der Waals surface area contributed by atoms with Crippen LogP contribution >= 0.6 is 11.3 Å². The molecule has 0 saturated heterocycles. The predicted molar refractivity (Wildman–Crippen MR) is 53.4 cm³/mol. The van der Waals surface area contributed by atoms with Gasteiger partial charge < -0.3 is 5.11 Å². The van der Waals surface area contributed by atoms with Crippen molar-refractivity contribution in [2.75, 3.05) is 0 Å². The monoisotopic (exact) mass is 208 g/mol. The van der Waals surface area contributed by atoms with E-state index in [1.54, 1.807) is 12.4 Å². The van der Waals surface area contributed by atoms with Crippen LogP contribution in [0.25, 0.3) is 10.2 Å². The molecule has 0 bridgehead atoms. The molecule has 0 aliphatic carbocycles. The van der Waals surface area contributed by atoms with Crippen LogP contribution in [0, 0.1) is 0 Å². The van der Waals surface area contributed by atoms with Gasteiger partial charge in [0.2, 0.25) is 0 Å². The first-order valence-corrected chi connectivity index (χ1v) is 4.98. The largest absolute Gasteiger partial charge is 0.481 e. The van der Waals surface area contributed by atoms with Gasteiger partial charge in [0.05, 0.1) is 21.6 Å². The molecular formula is C9H8N2O2S. The number of carboxylic acid groups (broad SMARTS) is 1. The summed E-state index contributed by atoms with van der Waals surface area (Å²) in [6.45, 7) is 0. The van der Waals surface area contributed by atoms with Crippen molar-refractivity contribution in [1.82, 2.24) is 9.97 Å². The fourth-order valence-corrected chi connectivity index (χ4v) is 2.08. The molecule has 0 radical (unpaired) electrons. The molecule has 0 aliphatic rings. The number of aromatic nitrogens is 2. The first-order valence-electron chi connectivity index (χ1n) is 4.17. The molecule has 0 spiro atoms. The molecule has 2 rings (SSSR count). The third-order valence-corrected chi connectivity index (χ3v) is 2.85. The summed E-state index contributed by atoms with van der Waals surface area (Å²) in [5, 5.41) is 9.37. The molecule has 0 amide bonds. The zero-order valence-corrected chi connectivity index (χ0v) is 8.12. The highest BCUT2D eigenvalue weighted by molar-refractivity contribution is 7.18. The van der Waals surface area contributed by atoms with Crippen LogP contribution in [0.15, 0.2) is 18.5 Å². The standard InChI is InChI=1S/C9H8N2O2S/c12-9(13)2-1-8-11-6-3-4-10-5-7(6)14-8/h3-5H,1-2H2,(H,12,13). The van der Waals surface area contributed by atoms with Gasteiger partial charge in [-0.3, -0.25) is 9.78 Å². The van der Waals surface area contributed by atoms with Crippen molar-refractivity contribution in [3.8, 4) is 0 Å². The van der Waals surface area contributed by atoms with Gasteiger partial charge in [0, 0.05) is 18.8 Å². The minimum atomic E-state index is -0.789. The number of rotatable bonds is 3. The molecule has 4 nitrogen and oxygen atoms in total. The van der Waals surface area contributed by atoms with E-state index in [2.05, 4.69) is 9.97 Å². The molecule has 2 aromatic rings. The Hall–Kier alpha value is -1.49. The molecule has 72 valence electrons. The van der Waals surface area contributed by atoms with E-state index in [0.29, 0.717) is 6.42 Å². The van der Waals surface area contributed by atoms with E-state index in [0.717, 1.165) is 15.2 Å². The van der Waals surface area contributed by atoms with Crippen molar-refractivity contribution < 1.29 is 9.90 Å². The second-order valence-electron chi connectivity index (χ2n) is 2.84. The maximum absolute atomic E-state index is 10.4. The van der Waals surface area contributed by atoms with Crippen LogP contribution in [0.4, 0.5) is 0 Å². The molecular weight excluding hydrogens is 200 g/mol. The molecule has 5 heteroatoms. The number of fused-ring (bicyclic) bond motifs is 1. The topological polar surface area (TPSA) is 63.1 Å². The molecule has 0 aliphatic heterocycles. The van der Waals surface area contributed by atoms with E-state index in [-0.39, 0.29) is 6.42 Å². The molecule has 0 fully saturated rings. The lowest BCUT2D eigenvalue weighted by molar-refractivity contribution is -0.136. The van der Waals surface area contributed by atoms with Gasteiger partial charge in [0.15, 0.2) is 0 Å². The summed E-state index contributed by atoms with van der Waals surface area (Å²) in [5.74, 6) is -0.789. The lowest BCUT2D eigenvalue weighted by Crippen LogP contribution is -1.96. The Balaban J connectivity index is 2.22. The Kier molecular flexibility index (Phi) is 2.41. The summed E-state index contributed by atoms with van der Waals surface area (Å²) < 4.78 is 1.01. The normalized spacial score (nSPS) is 10.6. The number of hydrogen-bond donors (Lipinski definition) is 1. The molecule has 14 heavy (non-hydrogen) atoms. The Morgan fingerprint density at radius 1 is 1.57 bits per heavy atom. The number of hydrogen-bond acceptors (Lipinski definition) is 4. The van der Waals surface area contributed by atoms with Crippen molar-refractivity contribution in [2.45, 2.75) is 12.8 Å². The Labute approximate surface area is 84.2 Å². The van der Waals surface area contributed by atoms with Crippen LogP contribution in [0.2, 0.25) is 0 Å². The molecule has 0 atom stereocenters. The fraction of sp³-hybridized carbons (Fsp3) is 0.222. The van der Waals surface area contributed by atoms with E-state index in [4.69, 9.17) is 5.11 Å². The Bertz CT molecular complexity index is 434. The number of nitrogens with zero attached hydrogens (tertiary/aromatic N) is 2. The van der Waals surface area contributed by atoms with Crippen molar-refractivity contribution in [3.05, 3.63) is 23.5 Å². The van der Waals surface area contributed by atoms with Crippen LogP contribution in [0.5, 0.6) is 0 Å². The van der Waals surface area contributed by atoms with Crippen molar-refractivity contribution in [2.24, 2.45) is 0 Å². The van der Waals surface area contributed by atoms with Crippen LogP contribution < -0.4 is 0 Å². The third kappa shape index (κ3) is 1.88. The SMILES string of the molecule is O=C(O)CCc1nc2ccncc2s1. The number of carbonyl (C=O) groups is 1. The number of aliphatic carboxylic acids is 1. The van der Waals surface area contributed by atoms with E-state index in [1.165, 1.54) is 11.3 Å². The van der Waals surface area contributed by atoms with Crippen LogP contribution in [-0.2, 0) is 11.2 Å². The van der Waals surface area contributed by atoms with Gasteiger partial charge in [-0.2, -0.15) is 0 Å². The van der Waals surface area contributed by atoms with Gasteiger partial charge in [0.1, 0.15) is 0 Å². The number of aryl methyl sites for hydroxylation is 1. The maximum atomic E-state index is 10.4. The molecule has 1 N–H and O–H groups in total. The highest BCUT2D eigenvalue weighted by Crippen LogP contribution is 2.21. The van der Waals surface area contributed by atoms with E-state index >= 15 is 0 Å². The second kappa shape index (κ2) is 3.71. The van der Waals surface area contributed by atoms with Gasteiger partial charge in [-0.25, -0.2) is 4.98 Å². The average molecular weight is 208 g/mol. The van der Waals surface area contributed by atoms with Crippen molar-refractivity contribution in [1.29, 1.82) is 0 Å². The van der Waals surface area contributed by atoms with Gasteiger partial charge >= 0.3 is 5.97 Å². The summed E-state index contributed by atoms with van der Waals surface area (Å²) in [4.78, 5) is 18.6. The van der Waals surface area contributed by atoms with Gasteiger partial charge in [-0.15, -0.1) is 11.3 Å². The summed E-state index contributed by atoms with van der Waals surface area (Å²) in [6.07, 6.45) is 4.06. The number of thiazole rings is 1. The highest BCUT2D eigenvalue weighted by Gasteiger charge is 2.05. The third-order valence-electron chi connectivity index (χ3n) is 1.79. The summed E-state index contributed by atoms with van der Waals surface area (Å²) >= 11 is 1.50. The fourth-order valence-electron chi connectivity index (χ4n) is 1.15. The van der Waals surface area contributed by atoms with Crippen LogP contribution in [0.1, 0.15) is 11.4 Å². The minimum absolute atomic E-state index is 0.132. The van der Waals surface area contributed by atoms with Crippen LogP contribution in [0.3, 0.4) is 0 Å². The van der Waals surface area contributed by atoms with Gasteiger partial charge in [-0.1, -0.05) is 0 Å². The molecule has 2 heterocycles. The molecule has 0 saturated carbocycles. The van der Waals surface area contributed by atoms with E-state index in [1.807, 2.05) is 6.07 Å². The van der Waals surface area contributed by atoms with Crippen molar-refractivity contribution >= 4 is 27.5 Å². The first kappa shape index (κ1) is 9.08. The molecule has 0 aromatic carbocycles. The highest BCUT2D eigenvalue weighted by atomic mass is 32.1. The second-order valence-corrected chi connectivity index (χ2v) is 3.96. The minimum Gasteiger partial charge on any atom is -0.481 e. The zero-order chi connectivity index (χ0) is 9.97. The van der Waals surface area contributed by atoms with E-state index in [9.17, 15) is 4.79 Å². The van der Waals surface area contributed by atoms with E-state index < -0.39 is 5.97 Å². The lowest BCUT2D eigenvalue weighted by atomic mass is 10.3.